The number of nitrogens with one attached hydrogen (secondary N) is 2. The molecule has 43 heavy (non-hydrogen) atoms. The van der Waals surface area contributed by atoms with Crippen LogP contribution in [-0.4, -0.2) is 35.3 Å². The number of amidine groups is 1. The molecule has 2 heterocycles. The fraction of sp³-hybridized carbons (Fsp3) is 0.147. The largest absolute Gasteiger partial charge is 0.384 e. The zero-order valence-electron chi connectivity index (χ0n) is 24.2. The van der Waals surface area contributed by atoms with Crippen LogP contribution < -0.4 is 15.6 Å². The van der Waals surface area contributed by atoms with Gasteiger partial charge in [-0.05, 0) is 73.1 Å². The quantitative estimate of drug-likeness (QED) is 0.120. The number of hydrogen-bond donors (Lipinski definition) is 2. The lowest BCUT2D eigenvalue weighted by Gasteiger charge is -2.17. The Morgan fingerprint density at radius 2 is 1.60 bits per heavy atom. The van der Waals surface area contributed by atoms with Crippen LogP contribution >= 0.6 is 23.5 Å². The van der Waals surface area contributed by atoms with Gasteiger partial charge >= 0.3 is 0 Å². The summed E-state index contributed by atoms with van der Waals surface area (Å²) in [6, 6.07) is 34.2. The highest BCUT2D eigenvalue weighted by Gasteiger charge is 2.39. The van der Waals surface area contributed by atoms with E-state index in [1.54, 1.807) is 16.7 Å². The number of fused-ring (bicyclic) bond motifs is 1. The van der Waals surface area contributed by atoms with Gasteiger partial charge in [0.1, 0.15) is 4.91 Å². The highest BCUT2D eigenvalue weighted by molar-refractivity contribution is 8.19. The Hall–Kier alpha value is -4.47. The van der Waals surface area contributed by atoms with E-state index < -0.39 is 0 Å². The van der Waals surface area contributed by atoms with Gasteiger partial charge in [0.2, 0.25) is 0 Å². The molecule has 9 heteroatoms. The van der Waals surface area contributed by atoms with E-state index >= 15 is 0 Å². The number of anilines is 3. The Bertz CT molecular complexity index is 1740. The molecule has 0 saturated carbocycles. The molecule has 2 N–H and O–H groups in total. The summed E-state index contributed by atoms with van der Waals surface area (Å²) in [5, 5.41) is 9.61. The molecule has 0 unspecified atom stereocenters. The van der Waals surface area contributed by atoms with Gasteiger partial charge in [-0.2, -0.15) is 5.10 Å². The number of para-hydroxylation sites is 2. The molecule has 1 amide bonds. The number of carbonyl (C=O) groups is 1. The molecule has 0 atom stereocenters. The lowest BCUT2D eigenvalue weighted by atomic mass is 10.1. The van der Waals surface area contributed by atoms with Crippen LogP contribution in [0.25, 0.3) is 0 Å². The lowest BCUT2D eigenvalue weighted by Crippen LogP contribution is -2.29. The Labute approximate surface area is 260 Å². The average molecular weight is 605 g/mol. The molecule has 0 spiro atoms. The monoisotopic (exact) mass is 604 g/mol. The Morgan fingerprint density at radius 1 is 0.884 bits per heavy atom. The molecule has 1 saturated heterocycles. The van der Waals surface area contributed by atoms with Gasteiger partial charge in [0.15, 0.2) is 5.17 Å². The number of thioether (sulfide) groups is 2. The minimum Gasteiger partial charge on any atom is -0.384 e. The summed E-state index contributed by atoms with van der Waals surface area (Å²) < 4.78 is 0. The number of benzene rings is 4. The first-order valence-electron chi connectivity index (χ1n) is 14.1. The molecule has 4 aromatic carbocycles. The molecule has 0 aromatic heterocycles. The maximum absolute atomic E-state index is 14.1. The predicted octanol–water partition coefficient (Wildman–Crippen LogP) is 8.13. The minimum absolute atomic E-state index is 0.0410. The van der Waals surface area contributed by atoms with Crippen LogP contribution in [0.15, 0.2) is 128 Å². The van der Waals surface area contributed by atoms with Gasteiger partial charge in [0.05, 0.1) is 40.0 Å². The van der Waals surface area contributed by atoms with Crippen LogP contribution in [0.2, 0.25) is 0 Å². The first kappa shape index (κ1) is 28.6. The SMILES string of the molecule is CCNc1ccc(C(C)=NNc2ccccc2)cc1N=C1SC(=C2Sc3ccccc3N2C)C(=O)N1Cc1ccccc1. The number of aliphatic imine (C=N–C) groups is 1. The fourth-order valence-corrected chi connectivity index (χ4v) is 7.18. The number of hydrogen-bond acceptors (Lipinski definition) is 8. The van der Waals surface area contributed by atoms with E-state index in [-0.39, 0.29) is 5.91 Å². The number of hydrazone groups is 1. The third-order valence-electron chi connectivity index (χ3n) is 7.10. The average Bonchev–Trinajstić information content (AvgIpc) is 3.53. The summed E-state index contributed by atoms with van der Waals surface area (Å²) in [5.41, 5.74) is 9.61. The molecule has 2 aliphatic rings. The van der Waals surface area contributed by atoms with Gasteiger partial charge < -0.3 is 10.2 Å². The molecule has 6 rings (SSSR count). The molecule has 0 aliphatic carbocycles. The van der Waals surface area contributed by atoms with Crippen LogP contribution in [0.3, 0.4) is 0 Å². The van der Waals surface area contributed by atoms with Gasteiger partial charge in [0.25, 0.3) is 5.91 Å². The molecule has 7 nitrogen and oxygen atoms in total. The maximum atomic E-state index is 14.1. The molecule has 0 bridgehead atoms. The highest BCUT2D eigenvalue weighted by atomic mass is 32.2. The summed E-state index contributed by atoms with van der Waals surface area (Å²) >= 11 is 3.06. The minimum atomic E-state index is -0.0410. The summed E-state index contributed by atoms with van der Waals surface area (Å²) in [4.78, 5) is 25.0. The zero-order chi connectivity index (χ0) is 29.8. The molecule has 2 aliphatic heterocycles. The molecule has 1 fully saturated rings. The van der Waals surface area contributed by atoms with E-state index in [2.05, 4.69) is 39.8 Å². The van der Waals surface area contributed by atoms with Crippen LogP contribution in [0, 0.1) is 0 Å². The van der Waals surface area contributed by atoms with Crippen molar-refractivity contribution in [1.29, 1.82) is 0 Å². The van der Waals surface area contributed by atoms with Crippen molar-refractivity contribution in [1.82, 2.24) is 4.90 Å². The topological polar surface area (TPSA) is 72.3 Å². The maximum Gasteiger partial charge on any atom is 0.269 e. The van der Waals surface area contributed by atoms with Gasteiger partial charge in [-0.15, -0.1) is 0 Å². The first-order valence-corrected chi connectivity index (χ1v) is 15.8. The van der Waals surface area contributed by atoms with Crippen molar-refractivity contribution < 1.29 is 4.79 Å². The van der Waals surface area contributed by atoms with Crippen LogP contribution in [0.5, 0.6) is 0 Å². The van der Waals surface area contributed by atoms with Crippen molar-refractivity contribution in [3.63, 3.8) is 0 Å². The van der Waals surface area contributed by atoms with Gasteiger partial charge in [-0.25, -0.2) is 4.99 Å². The number of amides is 1. The van der Waals surface area contributed by atoms with E-state index in [9.17, 15) is 4.79 Å². The van der Waals surface area contributed by atoms with Gasteiger partial charge in [0, 0.05) is 18.5 Å². The van der Waals surface area contributed by atoms with Gasteiger partial charge in [-0.3, -0.25) is 15.1 Å². The van der Waals surface area contributed by atoms with Crippen molar-refractivity contribution in [2.45, 2.75) is 25.3 Å². The van der Waals surface area contributed by atoms with Crippen molar-refractivity contribution in [2.24, 2.45) is 10.1 Å². The second-order valence-electron chi connectivity index (χ2n) is 10.1. The predicted molar refractivity (Wildman–Crippen MR) is 182 cm³/mol. The Kier molecular flexibility index (Phi) is 8.53. The van der Waals surface area contributed by atoms with E-state index in [0.29, 0.717) is 16.6 Å². The van der Waals surface area contributed by atoms with Crippen LogP contribution in [0.4, 0.5) is 22.7 Å². The molecule has 4 aromatic rings. The van der Waals surface area contributed by atoms with Crippen molar-refractivity contribution in [3.8, 4) is 0 Å². The normalized spacial score (nSPS) is 17.5. The van der Waals surface area contributed by atoms with Crippen LogP contribution in [0.1, 0.15) is 25.0 Å². The van der Waals surface area contributed by atoms with E-state index in [1.807, 2.05) is 105 Å². The first-order chi connectivity index (χ1) is 21.0. The van der Waals surface area contributed by atoms with Crippen LogP contribution in [-0.2, 0) is 11.3 Å². The van der Waals surface area contributed by atoms with Crippen molar-refractivity contribution in [3.05, 3.63) is 124 Å². The Morgan fingerprint density at radius 3 is 2.35 bits per heavy atom. The summed E-state index contributed by atoms with van der Waals surface area (Å²) in [5.74, 6) is -0.0410. The summed E-state index contributed by atoms with van der Waals surface area (Å²) in [6.45, 7) is 5.21. The second kappa shape index (κ2) is 12.8. The zero-order valence-corrected chi connectivity index (χ0v) is 25.9. The third-order valence-corrected chi connectivity index (χ3v) is 9.54. The Balaban J connectivity index is 1.39. The molecular weight excluding hydrogens is 573 g/mol. The molecule has 216 valence electrons. The highest BCUT2D eigenvalue weighted by Crippen LogP contribution is 2.50. The number of rotatable bonds is 8. The third kappa shape index (κ3) is 6.18. The lowest BCUT2D eigenvalue weighted by molar-refractivity contribution is -0.122. The molecule has 0 radical (unpaired) electrons. The number of nitrogens with zero attached hydrogens (tertiary/aromatic N) is 4. The fourth-order valence-electron chi connectivity index (χ4n) is 4.84. The van der Waals surface area contributed by atoms with E-state index in [4.69, 9.17) is 4.99 Å². The van der Waals surface area contributed by atoms with Gasteiger partial charge in [-0.1, -0.05) is 78.5 Å². The van der Waals surface area contributed by atoms with Crippen molar-refractivity contribution in [2.75, 3.05) is 29.2 Å². The summed E-state index contributed by atoms with van der Waals surface area (Å²) in [7, 11) is 2.02. The van der Waals surface area contributed by atoms with Crippen molar-refractivity contribution >= 4 is 63.1 Å². The summed E-state index contributed by atoms with van der Waals surface area (Å²) in [6.07, 6.45) is 0. The number of carbonyl (C=O) groups excluding carboxylic acids is 1. The second-order valence-corrected chi connectivity index (χ2v) is 12.1. The smallest absolute Gasteiger partial charge is 0.269 e. The molecular formula is C34H32N6OS2. The standard InChI is InChI=1S/C34H32N6OS2/c1-4-35-27-20-19-25(23(2)37-38-26-15-9-6-10-16-26)21-28(27)36-34-40(22-24-13-7-5-8-14-24)32(41)31(43-34)33-39(3)29-17-11-12-18-30(29)42-33/h5-21,35,38H,4,22H2,1-3H3. The van der Waals surface area contributed by atoms with E-state index in [1.165, 1.54) is 11.8 Å². The van der Waals surface area contributed by atoms with E-state index in [0.717, 1.165) is 56.1 Å².